The molecule has 4 aromatic rings. The number of hydrogen-bond acceptors (Lipinski definition) is 3. The van der Waals surface area contributed by atoms with Crippen molar-refractivity contribution in [3.63, 3.8) is 0 Å². The minimum atomic E-state index is -4.72. The molecule has 5 nitrogen and oxygen atoms in total. The van der Waals surface area contributed by atoms with Crippen LogP contribution in [0, 0.1) is 0 Å². The lowest BCUT2D eigenvalue weighted by atomic mass is 10.0. The van der Waals surface area contributed by atoms with Crippen LogP contribution >= 0.6 is 0 Å². The normalized spacial score (nSPS) is 11.7. The molecule has 2 aromatic heterocycles. The molecule has 30 heavy (non-hydrogen) atoms. The van der Waals surface area contributed by atoms with Crippen molar-refractivity contribution in [2.24, 2.45) is 0 Å². The molecule has 0 saturated heterocycles. The second kappa shape index (κ2) is 7.70. The van der Waals surface area contributed by atoms with Crippen LogP contribution in [0.2, 0.25) is 0 Å². The van der Waals surface area contributed by atoms with E-state index in [0.29, 0.717) is 23.9 Å². The molecule has 4 rings (SSSR count). The Morgan fingerprint density at radius 3 is 2.53 bits per heavy atom. The van der Waals surface area contributed by atoms with Gasteiger partial charge in [0.05, 0.1) is 18.4 Å². The summed E-state index contributed by atoms with van der Waals surface area (Å²) in [5.74, 6) is -0.270. The lowest BCUT2D eigenvalue weighted by molar-refractivity contribution is -0.274. The van der Waals surface area contributed by atoms with E-state index in [9.17, 15) is 18.0 Å². The highest BCUT2D eigenvalue weighted by Crippen LogP contribution is 2.24. The Balaban J connectivity index is 1.61. The van der Waals surface area contributed by atoms with Crippen molar-refractivity contribution in [3.05, 3.63) is 82.3 Å². The number of pyridine rings is 1. The van der Waals surface area contributed by atoms with E-state index in [0.717, 1.165) is 22.3 Å². The highest BCUT2D eigenvalue weighted by Gasteiger charge is 2.30. The topological polar surface area (TPSA) is 59.9 Å². The van der Waals surface area contributed by atoms with Gasteiger partial charge in [0.1, 0.15) is 5.75 Å². The van der Waals surface area contributed by atoms with E-state index in [1.54, 1.807) is 35.3 Å². The number of alkyl halides is 3. The molecule has 8 heteroatoms. The van der Waals surface area contributed by atoms with Gasteiger partial charge < -0.3 is 9.72 Å². The van der Waals surface area contributed by atoms with Crippen LogP contribution in [0.5, 0.6) is 5.75 Å². The predicted molar refractivity (Wildman–Crippen MR) is 107 cm³/mol. The van der Waals surface area contributed by atoms with Crippen LogP contribution in [0.25, 0.3) is 22.2 Å². The number of aromatic nitrogens is 3. The standard InChI is InChI=1S/C22H18F3N3O2/c1-2-17-20(27-19-6-4-3-5-18(19)21(17)29)15-11-26-28(13-15)12-14-7-9-16(10-8-14)30-22(23,24)25/h3-11,13H,2,12H2,1H3,(H,27,29). The Kier molecular flexibility index (Phi) is 5.07. The Bertz CT molecular complexity index is 1240. The van der Waals surface area contributed by atoms with Crippen LogP contribution in [0.4, 0.5) is 13.2 Å². The van der Waals surface area contributed by atoms with E-state index >= 15 is 0 Å². The summed E-state index contributed by atoms with van der Waals surface area (Å²) < 4.78 is 42.4. The molecule has 0 fully saturated rings. The van der Waals surface area contributed by atoms with Crippen molar-refractivity contribution in [1.29, 1.82) is 0 Å². The Morgan fingerprint density at radius 2 is 1.83 bits per heavy atom. The van der Waals surface area contributed by atoms with Crippen LogP contribution < -0.4 is 10.2 Å². The summed E-state index contributed by atoms with van der Waals surface area (Å²) >= 11 is 0. The van der Waals surface area contributed by atoms with E-state index in [4.69, 9.17) is 0 Å². The number of halogens is 3. The summed E-state index contributed by atoms with van der Waals surface area (Å²) in [6.45, 7) is 2.30. The second-order valence-electron chi connectivity index (χ2n) is 6.83. The number of H-pyrrole nitrogens is 1. The summed E-state index contributed by atoms with van der Waals surface area (Å²) in [4.78, 5) is 16.2. The van der Waals surface area contributed by atoms with E-state index in [2.05, 4.69) is 14.8 Å². The van der Waals surface area contributed by atoms with Gasteiger partial charge in [0, 0.05) is 28.2 Å². The van der Waals surface area contributed by atoms with Gasteiger partial charge in [-0.05, 0) is 36.2 Å². The van der Waals surface area contributed by atoms with Gasteiger partial charge in [0.15, 0.2) is 5.43 Å². The van der Waals surface area contributed by atoms with Crippen molar-refractivity contribution in [2.45, 2.75) is 26.3 Å². The number of ether oxygens (including phenoxy) is 1. The average Bonchev–Trinajstić information content (AvgIpc) is 3.17. The van der Waals surface area contributed by atoms with E-state index in [1.807, 2.05) is 25.1 Å². The molecule has 154 valence electrons. The van der Waals surface area contributed by atoms with Crippen LogP contribution in [0.3, 0.4) is 0 Å². The number of hydrogen-bond donors (Lipinski definition) is 1. The maximum absolute atomic E-state index is 12.8. The van der Waals surface area contributed by atoms with Crippen LogP contribution in [0.1, 0.15) is 18.1 Å². The fourth-order valence-corrected chi connectivity index (χ4v) is 3.42. The third-order valence-corrected chi connectivity index (χ3v) is 4.78. The van der Waals surface area contributed by atoms with Gasteiger partial charge in [0.2, 0.25) is 0 Å². The van der Waals surface area contributed by atoms with Crippen molar-refractivity contribution >= 4 is 10.9 Å². The minimum Gasteiger partial charge on any atom is -0.406 e. The molecule has 2 heterocycles. The molecule has 2 aromatic carbocycles. The molecular formula is C22H18F3N3O2. The quantitative estimate of drug-likeness (QED) is 0.506. The number of fused-ring (bicyclic) bond motifs is 1. The van der Waals surface area contributed by atoms with E-state index in [1.165, 1.54) is 12.1 Å². The zero-order valence-corrected chi connectivity index (χ0v) is 16.0. The minimum absolute atomic E-state index is 0.00477. The first-order chi connectivity index (χ1) is 14.3. The number of benzene rings is 2. The summed E-state index contributed by atoms with van der Waals surface area (Å²) in [5, 5.41) is 4.98. The van der Waals surface area contributed by atoms with Gasteiger partial charge >= 0.3 is 6.36 Å². The Morgan fingerprint density at radius 1 is 1.10 bits per heavy atom. The van der Waals surface area contributed by atoms with Crippen LogP contribution in [0.15, 0.2) is 65.7 Å². The number of aromatic amines is 1. The van der Waals surface area contributed by atoms with Gasteiger partial charge in [-0.15, -0.1) is 13.2 Å². The summed E-state index contributed by atoms with van der Waals surface area (Å²) in [5.41, 5.74) is 3.69. The van der Waals surface area contributed by atoms with Gasteiger partial charge in [-0.2, -0.15) is 5.10 Å². The molecule has 0 aliphatic heterocycles. The smallest absolute Gasteiger partial charge is 0.406 e. The molecular weight excluding hydrogens is 395 g/mol. The van der Waals surface area contributed by atoms with Gasteiger partial charge in [-0.1, -0.05) is 31.2 Å². The Hall–Kier alpha value is -3.55. The molecule has 0 saturated carbocycles. The zero-order chi connectivity index (χ0) is 21.3. The number of para-hydroxylation sites is 1. The van der Waals surface area contributed by atoms with Gasteiger partial charge in [-0.3, -0.25) is 9.48 Å². The summed E-state index contributed by atoms with van der Waals surface area (Å²) in [6.07, 6.45) is -0.673. The third-order valence-electron chi connectivity index (χ3n) is 4.78. The molecule has 0 bridgehead atoms. The van der Waals surface area contributed by atoms with Crippen molar-refractivity contribution < 1.29 is 17.9 Å². The Labute approximate surface area is 169 Å². The maximum Gasteiger partial charge on any atom is 0.573 e. The first kappa shape index (κ1) is 19.8. The number of nitrogens with zero attached hydrogens (tertiary/aromatic N) is 2. The summed E-state index contributed by atoms with van der Waals surface area (Å²) in [6, 6.07) is 13.0. The highest BCUT2D eigenvalue weighted by atomic mass is 19.4. The number of rotatable bonds is 5. The lowest BCUT2D eigenvalue weighted by Gasteiger charge is -2.09. The fraction of sp³-hybridized carbons (Fsp3) is 0.182. The number of nitrogens with one attached hydrogen (secondary N) is 1. The fourth-order valence-electron chi connectivity index (χ4n) is 3.42. The second-order valence-corrected chi connectivity index (χ2v) is 6.83. The maximum atomic E-state index is 12.8. The zero-order valence-electron chi connectivity index (χ0n) is 16.0. The highest BCUT2D eigenvalue weighted by molar-refractivity contribution is 5.83. The van der Waals surface area contributed by atoms with Gasteiger partial charge in [0.25, 0.3) is 0 Å². The van der Waals surface area contributed by atoms with Crippen LogP contribution in [-0.4, -0.2) is 21.1 Å². The molecule has 0 radical (unpaired) electrons. The molecule has 0 aliphatic rings. The SMILES string of the molecule is CCc1c(-c2cnn(Cc3ccc(OC(F)(F)F)cc3)c2)[nH]c2ccccc2c1=O. The molecule has 0 aliphatic carbocycles. The molecule has 0 spiro atoms. The summed E-state index contributed by atoms with van der Waals surface area (Å²) in [7, 11) is 0. The molecule has 0 amide bonds. The molecule has 0 atom stereocenters. The molecule has 0 unspecified atom stereocenters. The predicted octanol–water partition coefficient (Wildman–Crippen LogP) is 4.90. The van der Waals surface area contributed by atoms with Crippen molar-refractivity contribution in [3.8, 4) is 17.0 Å². The lowest BCUT2D eigenvalue weighted by Crippen LogP contribution is -2.17. The average molecular weight is 413 g/mol. The van der Waals surface area contributed by atoms with Crippen LogP contribution in [-0.2, 0) is 13.0 Å². The molecule has 1 N–H and O–H groups in total. The van der Waals surface area contributed by atoms with Crippen molar-refractivity contribution in [1.82, 2.24) is 14.8 Å². The van der Waals surface area contributed by atoms with E-state index in [-0.39, 0.29) is 11.2 Å². The van der Waals surface area contributed by atoms with Gasteiger partial charge in [-0.25, -0.2) is 0 Å². The van der Waals surface area contributed by atoms with Crippen molar-refractivity contribution in [2.75, 3.05) is 0 Å². The monoisotopic (exact) mass is 413 g/mol. The first-order valence-electron chi connectivity index (χ1n) is 9.35. The van der Waals surface area contributed by atoms with E-state index < -0.39 is 6.36 Å². The third kappa shape index (κ3) is 4.07. The first-order valence-corrected chi connectivity index (χ1v) is 9.35. The largest absolute Gasteiger partial charge is 0.573 e.